The van der Waals surface area contributed by atoms with E-state index < -0.39 is 40.0 Å². The average molecular weight is 630 g/mol. The van der Waals surface area contributed by atoms with Crippen LogP contribution in [0.5, 0.6) is 0 Å². The average Bonchev–Trinajstić information content (AvgIpc) is 2.96. The zero-order chi connectivity index (χ0) is 32.0. The summed E-state index contributed by atoms with van der Waals surface area (Å²) in [6.07, 6.45) is 32.8. The predicted octanol–water partition coefficient (Wildman–Crippen LogP) is 8.60. The van der Waals surface area contributed by atoms with Crippen LogP contribution in [-0.4, -0.2) is 53.1 Å². The van der Waals surface area contributed by atoms with Gasteiger partial charge in [-0.1, -0.05) is 167 Å². The van der Waals surface area contributed by atoms with E-state index in [-0.39, 0.29) is 6.42 Å². The first kappa shape index (κ1) is 41.8. The van der Waals surface area contributed by atoms with Gasteiger partial charge in [0, 0.05) is 0 Å². The standard InChI is InChI=1S/C35H67NO6S/c1-3-5-7-9-11-12-13-14-15-16-17-18-19-20-21-22-24-26-28-30-34(38)35(39)36-32(31-43(40,41)42)33(37)29-27-25-23-10-8-6-4-2/h8,10,27,29,32-34,37-38H,3-7,9,11-26,28,30-31H2,1-2H3,(H,36,39)(H,40,41,42)/b10-8+,29-27+. The summed E-state index contributed by atoms with van der Waals surface area (Å²) in [7, 11) is -4.43. The molecule has 0 aliphatic rings. The Bertz CT molecular complexity index is 798. The Morgan fingerprint density at radius 2 is 1.05 bits per heavy atom. The SMILES string of the molecule is CCC/C=C/CC/C=C/C(O)C(CS(=O)(=O)O)NC(=O)C(O)CCCCCCCCCCCCCCCCCCCCC. The van der Waals surface area contributed by atoms with Gasteiger partial charge in [-0.15, -0.1) is 0 Å². The number of nitrogens with one attached hydrogen (secondary N) is 1. The molecular formula is C35H67NO6S. The summed E-state index contributed by atoms with van der Waals surface area (Å²) in [5.41, 5.74) is 0. The van der Waals surface area contributed by atoms with Gasteiger partial charge in [-0.2, -0.15) is 8.42 Å². The van der Waals surface area contributed by atoms with Crippen molar-refractivity contribution >= 4 is 16.0 Å². The Labute approximate surface area is 265 Å². The summed E-state index contributed by atoms with van der Waals surface area (Å²) in [6, 6.07) is -1.24. The molecule has 0 saturated carbocycles. The number of amides is 1. The van der Waals surface area contributed by atoms with Crippen LogP contribution in [0.3, 0.4) is 0 Å². The van der Waals surface area contributed by atoms with Gasteiger partial charge in [0.15, 0.2) is 0 Å². The summed E-state index contributed by atoms with van der Waals surface area (Å²) >= 11 is 0. The van der Waals surface area contributed by atoms with E-state index in [1.54, 1.807) is 6.08 Å². The largest absolute Gasteiger partial charge is 0.387 e. The minimum atomic E-state index is -4.43. The number of carbonyl (C=O) groups excluding carboxylic acids is 1. The van der Waals surface area contributed by atoms with Crippen molar-refractivity contribution in [2.45, 2.75) is 186 Å². The molecule has 3 atom stereocenters. The number of unbranched alkanes of at least 4 members (excludes halogenated alkanes) is 20. The van der Waals surface area contributed by atoms with Gasteiger partial charge >= 0.3 is 0 Å². The molecule has 7 nitrogen and oxygen atoms in total. The molecule has 0 aliphatic heterocycles. The van der Waals surface area contributed by atoms with Crippen LogP contribution in [0.2, 0.25) is 0 Å². The minimum Gasteiger partial charge on any atom is -0.387 e. The van der Waals surface area contributed by atoms with Crippen molar-refractivity contribution in [2.75, 3.05) is 5.75 Å². The second kappa shape index (κ2) is 29.5. The van der Waals surface area contributed by atoms with Gasteiger partial charge < -0.3 is 15.5 Å². The quantitative estimate of drug-likeness (QED) is 0.0346. The topological polar surface area (TPSA) is 124 Å². The maximum atomic E-state index is 12.5. The van der Waals surface area contributed by atoms with Crippen molar-refractivity contribution in [2.24, 2.45) is 0 Å². The van der Waals surface area contributed by atoms with E-state index in [0.29, 0.717) is 12.8 Å². The lowest BCUT2D eigenvalue weighted by Crippen LogP contribution is -2.50. The van der Waals surface area contributed by atoms with Gasteiger partial charge in [0.05, 0.1) is 17.9 Å². The first-order valence-corrected chi connectivity index (χ1v) is 19.3. The van der Waals surface area contributed by atoms with E-state index >= 15 is 0 Å². The first-order valence-electron chi connectivity index (χ1n) is 17.6. The fourth-order valence-corrected chi connectivity index (χ4v) is 5.98. The fraction of sp³-hybridized carbons (Fsp3) is 0.857. The molecule has 0 heterocycles. The molecule has 0 fully saturated rings. The van der Waals surface area contributed by atoms with Crippen LogP contribution in [0.25, 0.3) is 0 Å². The van der Waals surface area contributed by atoms with Crippen LogP contribution < -0.4 is 5.32 Å². The zero-order valence-corrected chi connectivity index (χ0v) is 28.5. The van der Waals surface area contributed by atoms with E-state index in [9.17, 15) is 28.0 Å². The normalized spacial score (nSPS) is 14.4. The monoisotopic (exact) mass is 629 g/mol. The number of hydrogen-bond donors (Lipinski definition) is 4. The van der Waals surface area contributed by atoms with Crippen molar-refractivity contribution in [3.05, 3.63) is 24.3 Å². The van der Waals surface area contributed by atoms with Crippen LogP contribution in [0.1, 0.15) is 168 Å². The molecule has 43 heavy (non-hydrogen) atoms. The Kier molecular flexibility index (Phi) is 28.7. The van der Waals surface area contributed by atoms with E-state index in [4.69, 9.17) is 0 Å². The van der Waals surface area contributed by atoms with E-state index in [1.165, 1.54) is 102 Å². The lowest BCUT2D eigenvalue weighted by molar-refractivity contribution is -0.130. The lowest BCUT2D eigenvalue weighted by atomic mass is 10.0. The summed E-state index contributed by atoms with van der Waals surface area (Å²) in [5, 5.41) is 23.1. The molecular weight excluding hydrogens is 562 g/mol. The highest BCUT2D eigenvalue weighted by atomic mass is 32.2. The van der Waals surface area contributed by atoms with E-state index in [1.807, 2.05) is 0 Å². The summed E-state index contributed by atoms with van der Waals surface area (Å²) in [4.78, 5) is 12.5. The Morgan fingerprint density at radius 3 is 1.49 bits per heavy atom. The third kappa shape index (κ3) is 29.3. The minimum absolute atomic E-state index is 0.277. The first-order chi connectivity index (χ1) is 20.7. The molecule has 0 spiro atoms. The molecule has 0 bridgehead atoms. The fourth-order valence-electron chi connectivity index (χ4n) is 5.24. The highest BCUT2D eigenvalue weighted by Crippen LogP contribution is 2.15. The molecule has 0 aromatic rings. The molecule has 0 aliphatic carbocycles. The molecule has 0 radical (unpaired) electrons. The molecule has 1 amide bonds. The van der Waals surface area contributed by atoms with Gasteiger partial charge in [0.25, 0.3) is 10.1 Å². The number of carbonyl (C=O) groups is 1. The second-order valence-corrected chi connectivity index (χ2v) is 13.8. The maximum absolute atomic E-state index is 12.5. The van der Waals surface area contributed by atoms with Crippen LogP contribution in [0.15, 0.2) is 24.3 Å². The Hall–Kier alpha value is -1.22. The lowest BCUT2D eigenvalue weighted by Gasteiger charge is -2.22. The second-order valence-electron chi connectivity index (χ2n) is 12.3. The molecule has 3 unspecified atom stereocenters. The van der Waals surface area contributed by atoms with E-state index in [0.717, 1.165) is 38.5 Å². The molecule has 0 aromatic heterocycles. The van der Waals surface area contributed by atoms with Crippen LogP contribution >= 0.6 is 0 Å². The number of rotatable bonds is 31. The third-order valence-corrected chi connectivity index (χ3v) is 8.75. The molecule has 8 heteroatoms. The highest BCUT2D eigenvalue weighted by Gasteiger charge is 2.27. The maximum Gasteiger partial charge on any atom is 0.267 e. The van der Waals surface area contributed by atoms with Gasteiger partial charge in [0.1, 0.15) is 6.10 Å². The Morgan fingerprint density at radius 1 is 0.628 bits per heavy atom. The van der Waals surface area contributed by atoms with Crippen LogP contribution in [0, 0.1) is 0 Å². The summed E-state index contributed by atoms with van der Waals surface area (Å²) < 4.78 is 32.1. The summed E-state index contributed by atoms with van der Waals surface area (Å²) in [6.45, 7) is 4.37. The zero-order valence-electron chi connectivity index (χ0n) is 27.7. The Balaban J connectivity index is 3.94. The van der Waals surface area contributed by atoms with Crippen molar-refractivity contribution < 1.29 is 28.0 Å². The van der Waals surface area contributed by atoms with Crippen molar-refractivity contribution in [3.8, 4) is 0 Å². The summed E-state index contributed by atoms with van der Waals surface area (Å²) in [5.74, 6) is -1.56. The highest BCUT2D eigenvalue weighted by molar-refractivity contribution is 7.85. The molecule has 254 valence electrons. The number of aliphatic hydroxyl groups excluding tert-OH is 2. The van der Waals surface area contributed by atoms with Gasteiger partial charge in [-0.05, 0) is 25.7 Å². The molecule has 4 N–H and O–H groups in total. The van der Waals surface area contributed by atoms with Crippen molar-refractivity contribution in [3.63, 3.8) is 0 Å². The number of aliphatic hydroxyl groups is 2. The van der Waals surface area contributed by atoms with E-state index in [2.05, 4.69) is 31.3 Å². The predicted molar refractivity (Wildman–Crippen MR) is 181 cm³/mol. The number of allylic oxidation sites excluding steroid dienone is 3. The van der Waals surface area contributed by atoms with Crippen molar-refractivity contribution in [1.29, 1.82) is 0 Å². The number of hydrogen-bond acceptors (Lipinski definition) is 5. The van der Waals surface area contributed by atoms with Crippen molar-refractivity contribution in [1.82, 2.24) is 5.32 Å². The van der Waals surface area contributed by atoms with Crippen LogP contribution in [-0.2, 0) is 14.9 Å². The molecule has 0 rings (SSSR count). The molecule has 0 aromatic carbocycles. The molecule has 0 saturated heterocycles. The van der Waals surface area contributed by atoms with Crippen LogP contribution in [0.4, 0.5) is 0 Å². The smallest absolute Gasteiger partial charge is 0.267 e. The van der Waals surface area contributed by atoms with Gasteiger partial charge in [-0.25, -0.2) is 0 Å². The van der Waals surface area contributed by atoms with Gasteiger partial charge in [-0.3, -0.25) is 9.35 Å². The third-order valence-electron chi connectivity index (χ3n) is 7.97. The van der Waals surface area contributed by atoms with Gasteiger partial charge in [0.2, 0.25) is 5.91 Å².